The number of likely N-dealkylation sites (N-methyl/N-ethyl adjacent to an activating group) is 1. The fourth-order valence-electron chi connectivity index (χ4n) is 2.22. The highest BCUT2D eigenvalue weighted by Crippen LogP contribution is 2.03. The van der Waals surface area contributed by atoms with Crippen LogP contribution < -0.4 is 5.32 Å². The van der Waals surface area contributed by atoms with Crippen molar-refractivity contribution in [1.29, 1.82) is 0 Å². The molecular weight excluding hydrogens is 258 g/mol. The van der Waals surface area contributed by atoms with Crippen molar-refractivity contribution < 1.29 is 9.26 Å². The van der Waals surface area contributed by atoms with E-state index in [2.05, 4.69) is 27.4 Å². The molecule has 2 heterocycles. The number of hydrogen-bond donors (Lipinski definition) is 1. The second kappa shape index (κ2) is 7.25. The molecule has 1 aromatic rings. The minimum absolute atomic E-state index is 0.200. The summed E-state index contributed by atoms with van der Waals surface area (Å²) in [4.78, 5) is 8.56. The van der Waals surface area contributed by atoms with Gasteiger partial charge in [-0.3, -0.25) is 4.99 Å². The Morgan fingerprint density at radius 2 is 2.50 bits per heavy atom. The molecular formula is C13H23N5O2. The van der Waals surface area contributed by atoms with Crippen LogP contribution in [0.2, 0.25) is 0 Å². The number of nitrogens with zero attached hydrogens (tertiary/aromatic N) is 4. The highest BCUT2D eigenvalue weighted by atomic mass is 16.5. The minimum atomic E-state index is 0.200. The molecule has 0 spiro atoms. The highest BCUT2D eigenvalue weighted by molar-refractivity contribution is 5.79. The summed E-state index contributed by atoms with van der Waals surface area (Å²) in [5.41, 5.74) is 0.879. The molecule has 0 radical (unpaired) electrons. The van der Waals surface area contributed by atoms with Gasteiger partial charge in [-0.1, -0.05) is 5.16 Å². The van der Waals surface area contributed by atoms with Gasteiger partial charge in [0.05, 0.1) is 19.3 Å². The van der Waals surface area contributed by atoms with Gasteiger partial charge in [-0.05, 0) is 7.05 Å². The number of aromatic nitrogens is 1. The summed E-state index contributed by atoms with van der Waals surface area (Å²) in [5, 5.41) is 7.24. The summed E-state index contributed by atoms with van der Waals surface area (Å²) in [7, 11) is 5.86. The van der Waals surface area contributed by atoms with Crippen LogP contribution >= 0.6 is 0 Å². The molecule has 0 aromatic carbocycles. The van der Waals surface area contributed by atoms with Crippen LogP contribution in [0.15, 0.2) is 21.8 Å². The SMILES string of the molecule is CN=C(NCC1CN(C)CCO1)N(C)Cc1ccon1. The fraction of sp³-hybridized carbons (Fsp3) is 0.692. The Labute approximate surface area is 119 Å². The zero-order chi connectivity index (χ0) is 14.4. The third kappa shape index (κ3) is 4.21. The topological polar surface area (TPSA) is 66.1 Å². The van der Waals surface area contributed by atoms with E-state index in [0.29, 0.717) is 6.54 Å². The maximum absolute atomic E-state index is 5.72. The van der Waals surface area contributed by atoms with E-state index in [9.17, 15) is 0 Å². The zero-order valence-electron chi connectivity index (χ0n) is 12.4. The molecule has 112 valence electrons. The van der Waals surface area contributed by atoms with Crippen molar-refractivity contribution in [2.24, 2.45) is 4.99 Å². The molecule has 1 N–H and O–H groups in total. The predicted molar refractivity (Wildman–Crippen MR) is 76.6 cm³/mol. The minimum Gasteiger partial charge on any atom is -0.374 e. The van der Waals surface area contributed by atoms with Crippen LogP contribution in [0, 0.1) is 0 Å². The van der Waals surface area contributed by atoms with Crippen LogP contribution in [0.5, 0.6) is 0 Å². The van der Waals surface area contributed by atoms with Crippen LogP contribution in [-0.4, -0.2) is 74.4 Å². The van der Waals surface area contributed by atoms with Gasteiger partial charge in [0.1, 0.15) is 12.0 Å². The van der Waals surface area contributed by atoms with Gasteiger partial charge in [-0.15, -0.1) is 0 Å². The number of nitrogens with one attached hydrogen (secondary N) is 1. The maximum Gasteiger partial charge on any atom is 0.193 e. The van der Waals surface area contributed by atoms with Gasteiger partial charge in [0, 0.05) is 39.8 Å². The second-order valence-electron chi connectivity index (χ2n) is 5.03. The molecule has 1 unspecified atom stereocenters. The summed E-state index contributed by atoms with van der Waals surface area (Å²) >= 11 is 0. The van der Waals surface area contributed by atoms with E-state index in [1.165, 1.54) is 0 Å². The van der Waals surface area contributed by atoms with Crippen LogP contribution in [-0.2, 0) is 11.3 Å². The van der Waals surface area contributed by atoms with Crippen molar-refractivity contribution in [1.82, 2.24) is 20.3 Å². The lowest BCUT2D eigenvalue weighted by Crippen LogP contribution is -2.48. The lowest BCUT2D eigenvalue weighted by Gasteiger charge is -2.31. The summed E-state index contributed by atoms with van der Waals surface area (Å²) in [5.74, 6) is 0.824. The lowest BCUT2D eigenvalue weighted by atomic mass is 10.3. The molecule has 1 aromatic heterocycles. The summed E-state index contributed by atoms with van der Waals surface area (Å²) in [6.07, 6.45) is 1.77. The first kappa shape index (κ1) is 14.8. The van der Waals surface area contributed by atoms with Gasteiger partial charge < -0.3 is 24.4 Å². The van der Waals surface area contributed by atoms with Gasteiger partial charge >= 0.3 is 0 Å². The van der Waals surface area contributed by atoms with E-state index in [1.54, 1.807) is 13.3 Å². The van der Waals surface area contributed by atoms with Crippen molar-refractivity contribution in [3.63, 3.8) is 0 Å². The standard InChI is InChI=1S/C13H23N5O2/c1-14-13(18(3)9-11-4-6-20-16-11)15-8-12-10-17(2)5-7-19-12/h4,6,12H,5,7-10H2,1-3H3,(H,14,15). The van der Waals surface area contributed by atoms with Gasteiger partial charge in [-0.2, -0.15) is 0 Å². The zero-order valence-corrected chi connectivity index (χ0v) is 12.4. The van der Waals surface area contributed by atoms with E-state index in [0.717, 1.165) is 37.9 Å². The number of ether oxygens (including phenoxy) is 1. The predicted octanol–water partition coefficient (Wildman–Crippen LogP) is 0.0124. The molecule has 2 rings (SSSR count). The second-order valence-corrected chi connectivity index (χ2v) is 5.03. The van der Waals surface area contributed by atoms with Crippen molar-refractivity contribution in [2.75, 3.05) is 47.4 Å². The Hall–Kier alpha value is -1.60. The number of guanidine groups is 1. The molecule has 0 saturated carbocycles. The van der Waals surface area contributed by atoms with E-state index in [-0.39, 0.29) is 6.10 Å². The molecule has 7 heteroatoms. The van der Waals surface area contributed by atoms with Crippen LogP contribution in [0.3, 0.4) is 0 Å². The quantitative estimate of drug-likeness (QED) is 0.619. The average molecular weight is 281 g/mol. The number of morpholine rings is 1. The molecule has 1 atom stereocenters. The first-order valence-corrected chi connectivity index (χ1v) is 6.80. The monoisotopic (exact) mass is 281 g/mol. The van der Waals surface area contributed by atoms with Gasteiger partial charge in [0.2, 0.25) is 0 Å². The van der Waals surface area contributed by atoms with Gasteiger partial charge in [0.25, 0.3) is 0 Å². The normalized spacial score (nSPS) is 20.9. The molecule has 20 heavy (non-hydrogen) atoms. The van der Waals surface area contributed by atoms with Crippen molar-refractivity contribution >= 4 is 5.96 Å². The van der Waals surface area contributed by atoms with Gasteiger partial charge in [-0.25, -0.2) is 0 Å². The Kier molecular flexibility index (Phi) is 5.37. The van der Waals surface area contributed by atoms with Crippen molar-refractivity contribution in [3.8, 4) is 0 Å². The average Bonchev–Trinajstić information content (AvgIpc) is 2.92. The molecule has 1 saturated heterocycles. The van der Waals surface area contributed by atoms with E-state index >= 15 is 0 Å². The molecule has 0 amide bonds. The number of hydrogen-bond acceptors (Lipinski definition) is 5. The number of rotatable bonds is 4. The summed E-state index contributed by atoms with van der Waals surface area (Å²) in [6.45, 7) is 4.13. The van der Waals surface area contributed by atoms with E-state index < -0.39 is 0 Å². The Morgan fingerprint density at radius 3 is 3.15 bits per heavy atom. The van der Waals surface area contributed by atoms with E-state index in [1.807, 2.05) is 18.0 Å². The van der Waals surface area contributed by atoms with Crippen molar-refractivity contribution in [3.05, 3.63) is 18.0 Å². The molecule has 1 fully saturated rings. The van der Waals surface area contributed by atoms with Crippen LogP contribution in [0.1, 0.15) is 5.69 Å². The Morgan fingerprint density at radius 1 is 1.65 bits per heavy atom. The molecule has 0 aliphatic carbocycles. The third-order valence-electron chi connectivity index (χ3n) is 3.29. The smallest absolute Gasteiger partial charge is 0.193 e. The first-order chi connectivity index (χ1) is 9.69. The van der Waals surface area contributed by atoms with Crippen LogP contribution in [0.25, 0.3) is 0 Å². The highest BCUT2D eigenvalue weighted by Gasteiger charge is 2.18. The fourth-order valence-corrected chi connectivity index (χ4v) is 2.22. The molecule has 1 aliphatic heterocycles. The Balaban J connectivity index is 1.79. The van der Waals surface area contributed by atoms with E-state index in [4.69, 9.17) is 9.26 Å². The first-order valence-electron chi connectivity index (χ1n) is 6.80. The van der Waals surface area contributed by atoms with Crippen LogP contribution in [0.4, 0.5) is 0 Å². The van der Waals surface area contributed by atoms with Crippen molar-refractivity contribution in [2.45, 2.75) is 12.6 Å². The molecule has 7 nitrogen and oxygen atoms in total. The largest absolute Gasteiger partial charge is 0.374 e. The summed E-state index contributed by atoms with van der Waals surface area (Å²) < 4.78 is 10.6. The number of aliphatic imine (C=N–C) groups is 1. The van der Waals surface area contributed by atoms with Gasteiger partial charge in [0.15, 0.2) is 5.96 Å². The lowest BCUT2D eigenvalue weighted by molar-refractivity contribution is -0.0163. The Bertz CT molecular complexity index is 420. The third-order valence-corrected chi connectivity index (χ3v) is 3.29. The molecule has 0 bridgehead atoms. The summed E-state index contributed by atoms with van der Waals surface area (Å²) in [6, 6.07) is 1.85. The molecule has 1 aliphatic rings. The maximum atomic E-state index is 5.72.